The predicted molar refractivity (Wildman–Crippen MR) is 123 cm³/mol. The number of halogens is 4. The van der Waals surface area contributed by atoms with Crippen molar-refractivity contribution >= 4 is 5.57 Å². The molecule has 37 heavy (non-hydrogen) atoms. The van der Waals surface area contributed by atoms with E-state index in [2.05, 4.69) is 20.5 Å². The maximum Gasteiger partial charge on any atom is 0.453 e. The molecule has 3 atom stereocenters. The highest BCUT2D eigenvalue weighted by molar-refractivity contribution is 5.74. The lowest BCUT2D eigenvalue weighted by Crippen LogP contribution is -2.33. The number of aromatic nitrogens is 5. The van der Waals surface area contributed by atoms with E-state index in [0.29, 0.717) is 28.7 Å². The van der Waals surface area contributed by atoms with E-state index >= 15 is 0 Å². The minimum absolute atomic E-state index is 0.0139. The number of aliphatic hydroxyl groups excluding tert-OH is 1. The molecule has 1 aliphatic carbocycles. The van der Waals surface area contributed by atoms with Crippen LogP contribution in [0, 0.1) is 11.7 Å². The summed E-state index contributed by atoms with van der Waals surface area (Å²) in [5, 5.41) is 19.9. The third-order valence-electron chi connectivity index (χ3n) is 6.78. The van der Waals surface area contributed by atoms with Crippen LogP contribution in [0.15, 0.2) is 42.6 Å². The van der Waals surface area contributed by atoms with Crippen molar-refractivity contribution in [1.29, 1.82) is 0 Å². The fourth-order valence-corrected chi connectivity index (χ4v) is 5.27. The van der Waals surface area contributed by atoms with Gasteiger partial charge in [-0.05, 0) is 78.4 Å². The monoisotopic (exact) mass is 519 g/mol. The largest absolute Gasteiger partial charge is 0.475 e. The topological polar surface area (TPSA) is 95.2 Å². The third-order valence-corrected chi connectivity index (χ3v) is 6.78. The second-order valence-corrected chi connectivity index (χ2v) is 9.55. The molecule has 2 aliphatic rings. The van der Waals surface area contributed by atoms with Crippen molar-refractivity contribution in [3.05, 3.63) is 65.4 Å². The molecule has 1 fully saturated rings. The number of ether oxygens (including phenoxy) is 2. The Morgan fingerprint density at radius 3 is 2.68 bits per heavy atom. The molecule has 12 heteroatoms. The van der Waals surface area contributed by atoms with Gasteiger partial charge < -0.3 is 14.6 Å². The first kappa shape index (κ1) is 25.3. The van der Waals surface area contributed by atoms with Crippen LogP contribution in [0.4, 0.5) is 17.6 Å². The van der Waals surface area contributed by atoms with E-state index in [9.17, 15) is 22.7 Å². The standard InChI is InChI=1S/C25H25F4N5O3/c1-14(2)37-22-20(9-19(11-30-22)34-23(25(27,28)29)31-32-33-34)17-10-24(36-13-17)8-7-16(12-35)21(24)15-3-5-18(26)6-4-15/h3-6,9-11,14,16,21,35H,7-8,12-13H2,1-2H3/t16-,21-,24-/m1/s1. The molecule has 1 aromatic carbocycles. The molecule has 1 spiro atoms. The van der Waals surface area contributed by atoms with Gasteiger partial charge in [-0.15, -0.1) is 5.10 Å². The summed E-state index contributed by atoms with van der Waals surface area (Å²) in [4.78, 5) is 4.29. The fraction of sp³-hybridized carbons (Fsp3) is 0.440. The Labute approximate surface area is 209 Å². The number of hydrogen-bond acceptors (Lipinski definition) is 7. The van der Waals surface area contributed by atoms with Crippen LogP contribution in [0.3, 0.4) is 0 Å². The molecule has 0 radical (unpaired) electrons. The Morgan fingerprint density at radius 2 is 2.00 bits per heavy atom. The molecule has 0 amide bonds. The molecule has 0 unspecified atom stereocenters. The summed E-state index contributed by atoms with van der Waals surface area (Å²) in [6.07, 6.45) is -0.544. The number of tetrazole rings is 1. The molecule has 3 heterocycles. The number of nitrogens with zero attached hydrogens (tertiary/aromatic N) is 5. The zero-order valence-corrected chi connectivity index (χ0v) is 20.1. The predicted octanol–water partition coefficient (Wildman–Crippen LogP) is 4.34. The summed E-state index contributed by atoms with van der Waals surface area (Å²) in [5.41, 5.74) is 1.20. The van der Waals surface area contributed by atoms with Crippen LogP contribution in [0.2, 0.25) is 0 Å². The van der Waals surface area contributed by atoms with E-state index in [-0.39, 0.29) is 48.5 Å². The molecular weight excluding hydrogens is 494 g/mol. The van der Waals surface area contributed by atoms with E-state index in [1.54, 1.807) is 12.1 Å². The van der Waals surface area contributed by atoms with Crippen LogP contribution in [-0.2, 0) is 10.9 Å². The Morgan fingerprint density at radius 1 is 1.24 bits per heavy atom. The summed E-state index contributed by atoms with van der Waals surface area (Å²) in [6.45, 7) is 3.72. The maximum absolute atomic E-state index is 13.6. The van der Waals surface area contributed by atoms with Crippen LogP contribution in [0.1, 0.15) is 49.6 Å². The van der Waals surface area contributed by atoms with Gasteiger partial charge in [-0.1, -0.05) is 12.1 Å². The molecule has 1 saturated carbocycles. The van der Waals surface area contributed by atoms with Gasteiger partial charge in [0.1, 0.15) is 5.82 Å². The third kappa shape index (κ3) is 4.71. The highest BCUT2D eigenvalue weighted by Gasteiger charge is 2.51. The number of pyridine rings is 1. The zero-order chi connectivity index (χ0) is 26.4. The van der Waals surface area contributed by atoms with Crippen molar-refractivity contribution < 1.29 is 32.1 Å². The van der Waals surface area contributed by atoms with Crippen LogP contribution in [0.25, 0.3) is 11.3 Å². The second kappa shape index (κ2) is 9.49. The number of hydrogen-bond donors (Lipinski definition) is 1. The van der Waals surface area contributed by atoms with Crippen molar-refractivity contribution in [3.8, 4) is 11.6 Å². The first-order valence-corrected chi connectivity index (χ1v) is 11.9. The SMILES string of the molecule is CC(C)Oc1ncc(-n2nnnc2C(F)(F)F)cc1C1=C[C@@]2(CC[C@H](CO)[C@H]2c2ccc(F)cc2)OC1. The molecule has 5 rings (SSSR count). The van der Waals surface area contributed by atoms with E-state index in [0.717, 1.165) is 5.56 Å². The minimum atomic E-state index is -4.76. The minimum Gasteiger partial charge on any atom is -0.475 e. The van der Waals surface area contributed by atoms with Crippen molar-refractivity contribution in [2.45, 2.75) is 50.5 Å². The van der Waals surface area contributed by atoms with Gasteiger partial charge in [0.2, 0.25) is 5.88 Å². The van der Waals surface area contributed by atoms with Gasteiger partial charge in [0.15, 0.2) is 0 Å². The summed E-state index contributed by atoms with van der Waals surface area (Å²) >= 11 is 0. The Balaban J connectivity index is 1.59. The number of aliphatic hydroxyl groups is 1. The normalized spacial score (nSPS) is 23.7. The summed E-state index contributed by atoms with van der Waals surface area (Å²) in [5.74, 6) is -1.74. The van der Waals surface area contributed by atoms with Gasteiger partial charge in [-0.2, -0.15) is 17.9 Å². The number of benzene rings is 1. The highest BCUT2D eigenvalue weighted by atomic mass is 19.4. The summed E-state index contributed by atoms with van der Waals surface area (Å²) in [6, 6.07) is 7.63. The average molecular weight is 519 g/mol. The van der Waals surface area contributed by atoms with Gasteiger partial charge in [0.05, 0.1) is 30.2 Å². The lowest BCUT2D eigenvalue weighted by molar-refractivity contribution is -0.146. The fourth-order valence-electron chi connectivity index (χ4n) is 5.27. The smallest absolute Gasteiger partial charge is 0.453 e. The Hall–Kier alpha value is -3.38. The number of alkyl halides is 3. The zero-order valence-electron chi connectivity index (χ0n) is 20.1. The lowest BCUT2D eigenvalue weighted by atomic mass is 9.80. The van der Waals surface area contributed by atoms with Gasteiger partial charge in [0.25, 0.3) is 5.82 Å². The Bertz CT molecular complexity index is 1310. The van der Waals surface area contributed by atoms with Crippen molar-refractivity contribution in [2.75, 3.05) is 13.2 Å². The maximum atomic E-state index is 13.6. The van der Waals surface area contributed by atoms with E-state index in [4.69, 9.17) is 9.47 Å². The van der Waals surface area contributed by atoms with E-state index in [1.807, 2.05) is 19.9 Å². The van der Waals surface area contributed by atoms with Gasteiger partial charge >= 0.3 is 6.18 Å². The molecule has 2 aromatic heterocycles. The molecular formula is C25H25F4N5O3. The first-order chi connectivity index (χ1) is 17.6. The second-order valence-electron chi connectivity index (χ2n) is 9.55. The average Bonchev–Trinajstić information content (AvgIpc) is 3.59. The molecule has 1 aliphatic heterocycles. The van der Waals surface area contributed by atoms with Crippen LogP contribution in [-0.4, -0.2) is 55.2 Å². The van der Waals surface area contributed by atoms with Gasteiger partial charge in [-0.25, -0.2) is 9.37 Å². The highest BCUT2D eigenvalue weighted by Crippen LogP contribution is 2.53. The lowest BCUT2D eigenvalue weighted by Gasteiger charge is -2.32. The molecule has 0 saturated heterocycles. The van der Waals surface area contributed by atoms with Crippen LogP contribution < -0.4 is 4.74 Å². The van der Waals surface area contributed by atoms with Crippen molar-refractivity contribution in [1.82, 2.24) is 25.2 Å². The molecule has 8 nitrogen and oxygen atoms in total. The van der Waals surface area contributed by atoms with E-state index < -0.39 is 17.6 Å². The quantitative estimate of drug-likeness (QED) is 0.484. The number of rotatable bonds is 6. The summed E-state index contributed by atoms with van der Waals surface area (Å²) < 4.78 is 66.7. The van der Waals surface area contributed by atoms with Gasteiger partial charge in [-0.3, -0.25) is 0 Å². The van der Waals surface area contributed by atoms with Crippen molar-refractivity contribution in [2.24, 2.45) is 5.92 Å². The van der Waals surface area contributed by atoms with Gasteiger partial charge in [0, 0.05) is 18.1 Å². The van der Waals surface area contributed by atoms with Crippen LogP contribution in [0.5, 0.6) is 5.88 Å². The summed E-state index contributed by atoms with van der Waals surface area (Å²) in [7, 11) is 0. The molecule has 3 aromatic rings. The van der Waals surface area contributed by atoms with Crippen LogP contribution >= 0.6 is 0 Å². The van der Waals surface area contributed by atoms with Crippen molar-refractivity contribution in [3.63, 3.8) is 0 Å². The van der Waals surface area contributed by atoms with E-state index in [1.165, 1.54) is 24.4 Å². The first-order valence-electron chi connectivity index (χ1n) is 11.9. The Kier molecular flexibility index (Phi) is 6.48. The molecule has 0 bridgehead atoms. The molecule has 196 valence electrons. The molecule has 1 N–H and O–H groups in total.